The van der Waals surface area contributed by atoms with Crippen molar-refractivity contribution in [1.29, 1.82) is 0 Å². The van der Waals surface area contributed by atoms with Crippen LogP contribution in [0.2, 0.25) is 0 Å². The fourth-order valence-electron chi connectivity index (χ4n) is 3.34. The van der Waals surface area contributed by atoms with E-state index in [0.717, 1.165) is 31.6 Å². The zero-order valence-corrected chi connectivity index (χ0v) is 13.5. The molecule has 1 fully saturated rings. The number of unbranched alkanes of at least 4 members (excludes halogenated alkanes) is 4. The molecule has 19 heavy (non-hydrogen) atoms. The number of Topliss-reactive ketones (excluding diaryl/α,β-unsaturated/α-hetero) is 1. The summed E-state index contributed by atoms with van der Waals surface area (Å²) in [5, 5.41) is 0. The van der Waals surface area contributed by atoms with Crippen molar-refractivity contribution in [1.82, 2.24) is 4.90 Å². The summed E-state index contributed by atoms with van der Waals surface area (Å²) in [6.07, 6.45) is 11.5. The number of carbonyl (C=O) groups excluding carboxylic acids is 1. The van der Waals surface area contributed by atoms with Crippen molar-refractivity contribution in [2.24, 2.45) is 5.92 Å². The summed E-state index contributed by atoms with van der Waals surface area (Å²) in [6.45, 7) is 4.55. The number of carbonyl (C=O) groups is 1. The summed E-state index contributed by atoms with van der Waals surface area (Å²) in [5.74, 6) is 1.30. The molecule has 0 amide bonds. The minimum atomic E-state index is -0.142. The Morgan fingerprint density at radius 2 is 1.68 bits per heavy atom. The Morgan fingerprint density at radius 3 is 2.21 bits per heavy atom. The summed E-state index contributed by atoms with van der Waals surface area (Å²) in [4.78, 5) is 14.9. The fraction of sp³-hybridized carbons (Fsp3) is 0.941. The van der Waals surface area contributed by atoms with Gasteiger partial charge in [-0.2, -0.15) is 0 Å². The highest BCUT2D eigenvalue weighted by Gasteiger charge is 2.41. The summed E-state index contributed by atoms with van der Waals surface area (Å²) >= 11 is 0. The zero-order chi connectivity index (χ0) is 14.3. The molecule has 2 nitrogen and oxygen atoms in total. The summed E-state index contributed by atoms with van der Waals surface area (Å²) in [5.41, 5.74) is -0.142. The Kier molecular flexibility index (Phi) is 7.06. The van der Waals surface area contributed by atoms with Gasteiger partial charge in [-0.25, -0.2) is 0 Å². The van der Waals surface area contributed by atoms with Crippen LogP contribution in [0.1, 0.15) is 78.1 Å². The second-order valence-electron chi connectivity index (χ2n) is 6.70. The second kappa shape index (κ2) is 8.04. The maximum atomic E-state index is 12.7. The van der Waals surface area contributed by atoms with Crippen LogP contribution in [0.25, 0.3) is 0 Å². The van der Waals surface area contributed by atoms with E-state index in [1.165, 1.54) is 38.5 Å². The van der Waals surface area contributed by atoms with Gasteiger partial charge in [-0.1, -0.05) is 39.5 Å². The number of hydrogen-bond acceptors (Lipinski definition) is 2. The van der Waals surface area contributed by atoms with Gasteiger partial charge in [-0.3, -0.25) is 9.69 Å². The van der Waals surface area contributed by atoms with E-state index < -0.39 is 0 Å². The van der Waals surface area contributed by atoms with Crippen molar-refractivity contribution in [2.75, 3.05) is 14.1 Å². The lowest BCUT2D eigenvalue weighted by molar-refractivity contribution is -0.132. The van der Waals surface area contributed by atoms with Crippen LogP contribution < -0.4 is 0 Å². The molecule has 2 heteroatoms. The fourth-order valence-corrected chi connectivity index (χ4v) is 3.34. The monoisotopic (exact) mass is 267 g/mol. The van der Waals surface area contributed by atoms with Gasteiger partial charge in [0.2, 0.25) is 0 Å². The van der Waals surface area contributed by atoms with Crippen LogP contribution in [0.4, 0.5) is 0 Å². The van der Waals surface area contributed by atoms with Crippen LogP contribution >= 0.6 is 0 Å². The third kappa shape index (κ3) is 4.59. The van der Waals surface area contributed by atoms with E-state index >= 15 is 0 Å². The van der Waals surface area contributed by atoms with Crippen molar-refractivity contribution in [3.05, 3.63) is 0 Å². The molecule has 0 aliphatic heterocycles. The van der Waals surface area contributed by atoms with Crippen LogP contribution in [-0.2, 0) is 4.79 Å². The minimum absolute atomic E-state index is 0.142. The van der Waals surface area contributed by atoms with Gasteiger partial charge in [0.15, 0.2) is 5.78 Å². The molecule has 0 saturated heterocycles. The lowest BCUT2D eigenvalue weighted by atomic mass is 9.73. The van der Waals surface area contributed by atoms with Crippen molar-refractivity contribution in [3.63, 3.8) is 0 Å². The quantitative estimate of drug-likeness (QED) is 0.606. The summed E-state index contributed by atoms with van der Waals surface area (Å²) < 4.78 is 0. The molecule has 0 aromatic carbocycles. The second-order valence-corrected chi connectivity index (χ2v) is 6.70. The largest absolute Gasteiger partial charge is 0.298 e. The SMILES string of the molecule is CCCCCCCC(=O)C1(N(C)C)CCC(C)CC1. The van der Waals surface area contributed by atoms with E-state index in [-0.39, 0.29) is 5.54 Å². The van der Waals surface area contributed by atoms with Crippen molar-refractivity contribution in [3.8, 4) is 0 Å². The maximum Gasteiger partial charge on any atom is 0.153 e. The molecule has 0 aromatic heterocycles. The van der Waals surface area contributed by atoms with E-state index in [4.69, 9.17) is 0 Å². The predicted molar refractivity (Wildman–Crippen MR) is 82.4 cm³/mol. The first-order chi connectivity index (χ1) is 9.03. The smallest absolute Gasteiger partial charge is 0.153 e. The van der Waals surface area contributed by atoms with Gasteiger partial charge in [-0.15, -0.1) is 0 Å². The first-order valence-electron chi connectivity index (χ1n) is 8.23. The van der Waals surface area contributed by atoms with Crippen molar-refractivity contribution < 1.29 is 4.79 Å². The molecule has 0 spiro atoms. The first-order valence-corrected chi connectivity index (χ1v) is 8.23. The van der Waals surface area contributed by atoms with Gasteiger partial charge in [0.1, 0.15) is 0 Å². The van der Waals surface area contributed by atoms with E-state index in [1.54, 1.807) is 0 Å². The number of likely N-dealkylation sites (N-methyl/N-ethyl adjacent to an activating group) is 1. The zero-order valence-electron chi connectivity index (χ0n) is 13.5. The molecule has 0 unspecified atom stereocenters. The molecule has 0 N–H and O–H groups in total. The molecule has 1 aliphatic rings. The first kappa shape index (κ1) is 16.7. The molecule has 112 valence electrons. The lowest BCUT2D eigenvalue weighted by Crippen LogP contribution is -2.53. The Morgan fingerprint density at radius 1 is 1.11 bits per heavy atom. The summed E-state index contributed by atoms with van der Waals surface area (Å²) in [6, 6.07) is 0. The predicted octanol–water partition coefficient (Wildman–Crippen LogP) is 4.43. The molecule has 0 heterocycles. The molecule has 1 saturated carbocycles. The third-order valence-corrected chi connectivity index (χ3v) is 4.98. The van der Waals surface area contributed by atoms with Crippen LogP contribution in [0.15, 0.2) is 0 Å². The third-order valence-electron chi connectivity index (χ3n) is 4.98. The molecule has 1 aliphatic carbocycles. The molecule has 0 aromatic rings. The normalized spacial score (nSPS) is 27.7. The van der Waals surface area contributed by atoms with E-state index in [2.05, 4.69) is 32.8 Å². The highest BCUT2D eigenvalue weighted by Crippen LogP contribution is 2.37. The number of ketones is 1. The van der Waals surface area contributed by atoms with Gasteiger partial charge in [-0.05, 0) is 52.1 Å². The Hall–Kier alpha value is -0.370. The minimum Gasteiger partial charge on any atom is -0.298 e. The molecule has 0 bridgehead atoms. The van der Waals surface area contributed by atoms with Gasteiger partial charge in [0.25, 0.3) is 0 Å². The molecule has 0 radical (unpaired) electrons. The number of nitrogens with zero attached hydrogens (tertiary/aromatic N) is 1. The Balaban J connectivity index is 2.45. The molecular formula is C17H33NO. The van der Waals surface area contributed by atoms with Crippen LogP contribution in [0.3, 0.4) is 0 Å². The van der Waals surface area contributed by atoms with Crippen LogP contribution in [0, 0.1) is 5.92 Å². The maximum absolute atomic E-state index is 12.7. The van der Waals surface area contributed by atoms with E-state index in [1.807, 2.05) is 0 Å². The van der Waals surface area contributed by atoms with Gasteiger partial charge < -0.3 is 0 Å². The number of hydrogen-bond donors (Lipinski definition) is 0. The molecule has 1 rings (SSSR count). The molecular weight excluding hydrogens is 234 g/mol. The van der Waals surface area contributed by atoms with Crippen molar-refractivity contribution >= 4 is 5.78 Å². The topological polar surface area (TPSA) is 20.3 Å². The van der Waals surface area contributed by atoms with Gasteiger partial charge >= 0.3 is 0 Å². The average molecular weight is 267 g/mol. The van der Waals surface area contributed by atoms with Gasteiger partial charge in [0.05, 0.1) is 5.54 Å². The summed E-state index contributed by atoms with van der Waals surface area (Å²) in [7, 11) is 4.18. The highest BCUT2D eigenvalue weighted by molar-refractivity contribution is 5.88. The molecule has 0 atom stereocenters. The van der Waals surface area contributed by atoms with E-state index in [9.17, 15) is 4.79 Å². The van der Waals surface area contributed by atoms with Crippen LogP contribution in [0.5, 0.6) is 0 Å². The van der Waals surface area contributed by atoms with Crippen molar-refractivity contribution in [2.45, 2.75) is 83.6 Å². The number of rotatable bonds is 8. The van der Waals surface area contributed by atoms with E-state index in [0.29, 0.717) is 5.78 Å². The standard InChI is InChI=1S/C17H33NO/c1-5-6-7-8-9-10-16(19)17(18(3)4)13-11-15(2)12-14-17/h15H,5-14H2,1-4H3. The average Bonchev–Trinajstić information content (AvgIpc) is 2.39. The Labute approximate surface area is 119 Å². The van der Waals surface area contributed by atoms with Crippen LogP contribution in [-0.4, -0.2) is 30.3 Å². The van der Waals surface area contributed by atoms with Gasteiger partial charge in [0, 0.05) is 6.42 Å². The lowest BCUT2D eigenvalue weighted by Gasteiger charge is -2.43. The Bertz CT molecular complexity index is 264. The highest BCUT2D eigenvalue weighted by atomic mass is 16.1.